The zero-order chi connectivity index (χ0) is 17.9. The molecule has 0 atom stereocenters. The van der Waals surface area contributed by atoms with E-state index in [1.54, 1.807) is 14.0 Å². The monoisotopic (exact) mass is 397 g/mol. The Bertz CT molecular complexity index is 765. The third kappa shape index (κ3) is 3.84. The predicted octanol–water partition coefficient (Wildman–Crippen LogP) is 1.60. The van der Waals surface area contributed by atoms with Crippen molar-refractivity contribution < 1.29 is 14.3 Å². The second-order valence-electron chi connectivity index (χ2n) is 5.22. The number of ether oxygens (including phenoxy) is 1. The molecule has 0 aliphatic rings. The van der Waals surface area contributed by atoms with Crippen molar-refractivity contribution in [3.63, 3.8) is 0 Å². The van der Waals surface area contributed by atoms with Crippen molar-refractivity contribution in [2.24, 2.45) is 7.05 Å². The van der Waals surface area contributed by atoms with Gasteiger partial charge in [0.1, 0.15) is 5.69 Å². The highest BCUT2D eigenvalue weighted by atomic mass is 79.9. The maximum Gasteiger partial charge on any atom is 0.356 e. The van der Waals surface area contributed by atoms with Gasteiger partial charge < -0.3 is 10.1 Å². The fraction of sp³-hybridized carbons (Fsp3) is 0.467. The molecule has 0 radical (unpaired) electrons. The van der Waals surface area contributed by atoms with Crippen molar-refractivity contribution in [2.45, 2.75) is 27.3 Å². The number of aryl methyl sites for hydroxylation is 2. The summed E-state index contributed by atoms with van der Waals surface area (Å²) in [6.45, 7) is 6.80. The van der Waals surface area contributed by atoms with Crippen LogP contribution in [0, 0.1) is 13.8 Å². The van der Waals surface area contributed by atoms with E-state index in [0.717, 1.165) is 15.9 Å². The number of halogens is 1. The highest BCUT2D eigenvalue weighted by Gasteiger charge is 2.18. The fourth-order valence-electron chi connectivity index (χ4n) is 2.23. The summed E-state index contributed by atoms with van der Waals surface area (Å²) in [5.74, 6) is -0.846. The Morgan fingerprint density at radius 1 is 1.33 bits per heavy atom. The molecule has 1 N–H and O–H groups in total. The van der Waals surface area contributed by atoms with Gasteiger partial charge in [0.15, 0.2) is 5.69 Å². The molecule has 0 fully saturated rings. The lowest BCUT2D eigenvalue weighted by Crippen LogP contribution is -2.28. The first-order valence-corrected chi connectivity index (χ1v) is 8.33. The smallest absolute Gasteiger partial charge is 0.356 e. The van der Waals surface area contributed by atoms with Crippen LogP contribution >= 0.6 is 15.9 Å². The van der Waals surface area contributed by atoms with Crippen molar-refractivity contribution in [1.29, 1.82) is 0 Å². The summed E-state index contributed by atoms with van der Waals surface area (Å²) in [5, 5.41) is 11.2. The van der Waals surface area contributed by atoms with E-state index in [0.29, 0.717) is 13.1 Å². The van der Waals surface area contributed by atoms with E-state index < -0.39 is 5.97 Å². The molecule has 0 unspecified atom stereocenters. The highest BCUT2D eigenvalue weighted by molar-refractivity contribution is 9.10. The number of nitrogens with zero attached hydrogens (tertiary/aromatic N) is 4. The first-order chi connectivity index (χ1) is 11.3. The highest BCUT2D eigenvalue weighted by Crippen LogP contribution is 2.19. The average Bonchev–Trinajstić information content (AvgIpc) is 3.04. The van der Waals surface area contributed by atoms with Gasteiger partial charge in [-0.15, -0.1) is 0 Å². The molecular weight excluding hydrogens is 378 g/mol. The van der Waals surface area contributed by atoms with Crippen LogP contribution in [0.2, 0.25) is 0 Å². The number of hydrogen-bond donors (Lipinski definition) is 1. The Balaban J connectivity index is 1.96. The van der Waals surface area contributed by atoms with E-state index in [9.17, 15) is 9.59 Å². The van der Waals surface area contributed by atoms with Gasteiger partial charge >= 0.3 is 5.97 Å². The number of nitrogens with one attached hydrogen (secondary N) is 1. The minimum Gasteiger partial charge on any atom is -0.461 e. The van der Waals surface area contributed by atoms with Gasteiger partial charge in [-0.3, -0.25) is 14.2 Å². The summed E-state index contributed by atoms with van der Waals surface area (Å²) in [6.07, 6.45) is 0. The molecule has 8 nitrogen and oxygen atoms in total. The minimum absolute atomic E-state index is 0.176. The van der Waals surface area contributed by atoms with E-state index in [1.807, 2.05) is 18.5 Å². The zero-order valence-corrected chi connectivity index (χ0v) is 15.7. The van der Waals surface area contributed by atoms with Crippen LogP contribution in [0.4, 0.5) is 0 Å². The molecule has 0 aliphatic heterocycles. The van der Waals surface area contributed by atoms with Gasteiger partial charge in [-0.2, -0.15) is 10.2 Å². The minimum atomic E-state index is -0.501. The predicted molar refractivity (Wildman–Crippen MR) is 90.9 cm³/mol. The second kappa shape index (κ2) is 7.61. The lowest BCUT2D eigenvalue weighted by molar-refractivity contribution is 0.0513. The number of carbonyl (C=O) groups is 2. The van der Waals surface area contributed by atoms with E-state index >= 15 is 0 Å². The number of carbonyl (C=O) groups excluding carboxylic acids is 2. The molecule has 2 rings (SSSR count). The van der Waals surface area contributed by atoms with Gasteiger partial charge in [-0.1, -0.05) is 0 Å². The topological polar surface area (TPSA) is 91.0 Å². The molecule has 0 aromatic carbocycles. The fourth-order valence-corrected chi connectivity index (χ4v) is 2.52. The second-order valence-corrected chi connectivity index (χ2v) is 6.02. The third-order valence-corrected chi connectivity index (χ3v) is 4.65. The molecule has 1 amide bonds. The largest absolute Gasteiger partial charge is 0.461 e. The van der Waals surface area contributed by atoms with Crippen LogP contribution in [-0.2, 0) is 18.3 Å². The van der Waals surface area contributed by atoms with Gasteiger partial charge in [0.25, 0.3) is 5.91 Å². The van der Waals surface area contributed by atoms with Gasteiger partial charge in [0, 0.05) is 25.4 Å². The molecule has 0 saturated carbocycles. The molecule has 0 aliphatic carbocycles. The Kier molecular flexibility index (Phi) is 5.76. The van der Waals surface area contributed by atoms with Crippen LogP contribution in [-0.4, -0.2) is 44.6 Å². The lowest BCUT2D eigenvalue weighted by atomic mass is 10.3. The molecule has 0 spiro atoms. The number of rotatable bonds is 6. The van der Waals surface area contributed by atoms with E-state index in [2.05, 4.69) is 31.4 Å². The standard InChI is InChI=1S/C15H20BrN5O3/c1-5-24-15(23)12-8-11(19-20(12)4)14(22)17-6-7-21-10(3)13(16)9(2)18-21/h8H,5-7H2,1-4H3,(H,17,22). The molecular formula is C15H20BrN5O3. The summed E-state index contributed by atoms with van der Waals surface area (Å²) in [4.78, 5) is 23.9. The number of amides is 1. The first-order valence-electron chi connectivity index (χ1n) is 7.54. The Morgan fingerprint density at radius 2 is 2.04 bits per heavy atom. The maximum absolute atomic E-state index is 12.2. The first kappa shape index (κ1) is 18.2. The zero-order valence-electron chi connectivity index (χ0n) is 14.1. The van der Waals surface area contributed by atoms with Crippen molar-refractivity contribution in [2.75, 3.05) is 13.2 Å². The van der Waals surface area contributed by atoms with Gasteiger partial charge in [0.2, 0.25) is 0 Å². The van der Waals surface area contributed by atoms with Gasteiger partial charge in [0.05, 0.1) is 23.3 Å². The van der Waals surface area contributed by atoms with Crippen LogP contribution in [0.15, 0.2) is 10.5 Å². The van der Waals surface area contributed by atoms with E-state index in [4.69, 9.17) is 4.74 Å². The summed E-state index contributed by atoms with van der Waals surface area (Å²) in [7, 11) is 1.59. The van der Waals surface area contributed by atoms with Crippen molar-refractivity contribution in [1.82, 2.24) is 24.9 Å². The van der Waals surface area contributed by atoms with E-state index in [1.165, 1.54) is 10.7 Å². The normalized spacial score (nSPS) is 10.7. The average molecular weight is 398 g/mol. The molecule has 0 saturated heterocycles. The summed E-state index contributed by atoms with van der Waals surface area (Å²) >= 11 is 3.47. The molecule has 9 heteroatoms. The molecule has 0 bridgehead atoms. The van der Waals surface area contributed by atoms with Crippen LogP contribution in [0.25, 0.3) is 0 Å². The third-order valence-electron chi connectivity index (χ3n) is 3.50. The van der Waals surface area contributed by atoms with Gasteiger partial charge in [-0.05, 0) is 36.7 Å². The quantitative estimate of drug-likeness (QED) is 0.747. The summed E-state index contributed by atoms with van der Waals surface area (Å²) < 4.78 is 9.05. The van der Waals surface area contributed by atoms with Crippen LogP contribution in [0.3, 0.4) is 0 Å². The van der Waals surface area contributed by atoms with Crippen molar-refractivity contribution >= 4 is 27.8 Å². The lowest BCUT2D eigenvalue weighted by Gasteiger charge is -2.05. The number of hydrogen-bond acceptors (Lipinski definition) is 5. The van der Waals surface area contributed by atoms with Crippen LogP contribution < -0.4 is 5.32 Å². The number of esters is 1. The van der Waals surface area contributed by atoms with Crippen LogP contribution in [0.1, 0.15) is 39.3 Å². The Morgan fingerprint density at radius 3 is 2.62 bits per heavy atom. The maximum atomic E-state index is 12.2. The van der Waals surface area contributed by atoms with Gasteiger partial charge in [-0.25, -0.2) is 4.79 Å². The van der Waals surface area contributed by atoms with Crippen LogP contribution in [0.5, 0.6) is 0 Å². The Hall–Kier alpha value is -2.16. The van der Waals surface area contributed by atoms with Crippen molar-refractivity contribution in [3.05, 3.63) is 33.3 Å². The summed E-state index contributed by atoms with van der Waals surface area (Å²) in [6, 6.07) is 1.42. The van der Waals surface area contributed by atoms with E-state index in [-0.39, 0.29) is 23.9 Å². The molecule has 130 valence electrons. The van der Waals surface area contributed by atoms with Crippen molar-refractivity contribution in [3.8, 4) is 0 Å². The number of aromatic nitrogens is 4. The summed E-state index contributed by atoms with van der Waals surface area (Å²) in [5.41, 5.74) is 2.33. The molecule has 2 heterocycles. The molecule has 2 aromatic heterocycles. The molecule has 2 aromatic rings. The Labute approximate surface area is 148 Å². The SMILES string of the molecule is CCOC(=O)c1cc(C(=O)NCCn2nc(C)c(Br)c2C)nn1C. The molecule has 24 heavy (non-hydrogen) atoms.